The van der Waals surface area contributed by atoms with E-state index in [0.29, 0.717) is 33.9 Å². The molecule has 116 valence electrons. The number of halogens is 1. The summed E-state index contributed by atoms with van der Waals surface area (Å²) in [4.78, 5) is 13.2. The van der Waals surface area contributed by atoms with Gasteiger partial charge in [0.1, 0.15) is 17.2 Å². The van der Waals surface area contributed by atoms with Crippen molar-refractivity contribution in [2.75, 3.05) is 17.7 Å². The van der Waals surface area contributed by atoms with Gasteiger partial charge in [-0.15, -0.1) is 0 Å². The van der Waals surface area contributed by atoms with Gasteiger partial charge >= 0.3 is 0 Å². The summed E-state index contributed by atoms with van der Waals surface area (Å²) in [5.41, 5.74) is 9.40. The number of rotatable bonds is 2. The first-order valence-corrected chi connectivity index (χ1v) is 6.97. The molecule has 0 atom stereocenters. The molecule has 0 unspecified atom stereocenters. The van der Waals surface area contributed by atoms with E-state index in [2.05, 4.69) is 15.0 Å². The fourth-order valence-corrected chi connectivity index (χ4v) is 2.79. The van der Waals surface area contributed by atoms with Crippen LogP contribution in [0.2, 0.25) is 0 Å². The summed E-state index contributed by atoms with van der Waals surface area (Å²) in [6.45, 7) is 3.61. The van der Waals surface area contributed by atoms with E-state index < -0.39 is 5.82 Å². The highest BCUT2D eigenvalue weighted by Crippen LogP contribution is 2.34. The molecule has 0 fully saturated rings. The smallest absolute Gasteiger partial charge is 0.151 e. The number of fused-ring (bicyclic) bond motifs is 1. The van der Waals surface area contributed by atoms with Gasteiger partial charge in [0.25, 0.3) is 0 Å². The fourth-order valence-electron chi connectivity index (χ4n) is 2.79. The molecule has 0 radical (unpaired) electrons. The Morgan fingerprint density at radius 2 is 2.09 bits per heavy atom. The number of nitriles is 1. The molecule has 0 spiro atoms. The average Bonchev–Trinajstić information content (AvgIpc) is 3.00. The number of aryl methyl sites for hydroxylation is 2. The second-order valence-corrected chi connectivity index (χ2v) is 5.37. The van der Waals surface area contributed by atoms with Crippen molar-refractivity contribution < 1.29 is 4.39 Å². The van der Waals surface area contributed by atoms with Crippen molar-refractivity contribution in [1.29, 1.82) is 5.26 Å². The third kappa shape index (κ3) is 2.25. The number of nitrogens with two attached hydrogens (primary N) is 1. The molecule has 0 saturated carbocycles. The van der Waals surface area contributed by atoms with E-state index in [1.54, 1.807) is 31.3 Å². The van der Waals surface area contributed by atoms with Crippen LogP contribution in [0.4, 0.5) is 21.7 Å². The summed E-state index contributed by atoms with van der Waals surface area (Å²) < 4.78 is 14.4. The van der Waals surface area contributed by atoms with Crippen LogP contribution in [-0.2, 0) is 0 Å². The van der Waals surface area contributed by atoms with Gasteiger partial charge in [-0.25, -0.2) is 14.4 Å². The Hall–Kier alpha value is -3.14. The second-order valence-electron chi connectivity index (χ2n) is 5.37. The molecule has 6 nitrogen and oxygen atoms in total. The van der Waals surface area contributed by atoms with Crippen molar-refractivity contribution in [2.24, 2.45) is 0 Å². The van der Waals surface area contributed by atoms with Crippen molar-refractivity contribution in [1.82, 2.24) is 15.0 Å². The molecule has 2 heterocycles. The summed E-state index contributed by atoms with van der Waals surface area (Å²) in [6.07, 6.45) is 1.55. The minimum atomic E-state index is -0.481. The highest BCUT2D eigenvalue weighted by Gasteiger charge is 2.20. The number of aromatic nitrogens is 3. The minimum Gasteiger partial charge on any atom is -0.382 e. The van der Waals surface area contributed by atoms with Gasteiger partial charge in [-0.05, 0) is 31.5 Å². The molecule has 0 bridgehead atoms. The van der Waals surface area contributed by atoms with E-state index in [4.69, 9.17) is 11.0 Å². The monoisotopic (exact) mass is 310 g/mol. The van der Waals surface area contributed by atoms with Gasteiger partial charge in [0.2, 0.25) is 0 Å². The Kier molecular flexibility index (Phi) is 3.37. The van der Waals surface area contributed by atoms with E-state index in [9.17, 15) is 4.39 Å². The Bertz CT molecular complexity index is 930. The van der Waals surface area contributed by atoms with Crippen LogP contribution in [0.3, 0.4) is 0 Å². The molecule has 23 heavy (non-hydrogen) atoms. The number of benzene rings is 1. The number of nitrogens with one attached hydrogen (secondary N) is 1. The Labute approximate surface area is 132 Å². The molecule has 1 aromatic carbocycles. The van der Waals surface area contributed by atoms with Crippen molar-refractivity contribution in [3.05, 3.63) is 41.0 Å². The molecule has 7 heteroatoms. The van der Waals surface area contributed by atoms with Crippen LogP contribution in [-0.4, -0.2) is 22.0 Å². The maximum atomic E-state index is 14.4. The van der Waals surface area contributed by atoms with E-state index >= 15 is 0 Å². The van der Waals surface area contributed by atoms with E-state index in [1.807, 2.05) is 13.0 Å². The number of H-pyrrole nitrogens is 1. The van der Waals surface area contributed by atoms with Gasteiger partial charge in [-0.3, -0.25) is 0 Å². The number of aromatic amines is 1. The molecular formula is C16H15FN6. The summed E-state index contributed by atoms with van der Waals surface area (Å²) >= 11 is 0. The van der Waals surface area contributed by atoms with Gasteiger partial charge in [-0.2, -0.15) is 5.26 Å². The number of imidazole rings is 1. The van der Waals surface area contributed by atoms with Gasteiger partial charge < -0.3 is 15.6 Å². The van der Waals surface area contributed by atoms with E-state index in [-0.39, 0.29) is 5.56 Å². The van der Waals surface area contributed by atoms with Crippen molar-refractivity contribution in [2.45, 2.75) is 13.8 Å². The lowest BCUT2D eigenvalue weighted by Crippen LogP contribution is -2.17. The molecule has 0 saturated heterocycles. The standard InChI is InChI=1S/C16H15FN6/c1-8-4-10(6-18)5-11(17)14(8)23(3)16-9(2)12-13(15(19)22-16)21-7-20-12/h4-5,7H,1-3H3,(H2,19,22)(H,20,21). The normalized spacial score (nSPS) is 10.7. The number of hydrogen-bond donors (Lipinski definition) is 2. The van der Waals surface area contributed by atoms with Gasteiger partial charge in [0.15, 0.2) is 5.82 Å². The molecule has 0 aliphatic rings. The maximum absolute atomic E-state index is 14.4. The summed E-state index contributed by atoms with van der Waals surface area (Å²) in [5, 5.41) is 8.94. The highest BCUT2D eigenvalue weighted by molar-refractivity contribution is 5.91. The van der Waals surface area contributed by atoms with Gasteiger partial charge in [0.05, 0.1) is 29.2 Å². The first-order valence-electron chi connectivity index (χ1n) is 6.97. The lowest BCUT2D eigenvalue weighted by atomic mass is 10.1. The Morgan fingerprint density at radius 3 is 2.74 bits per heavy atom. The van der Waals surface area contributed by atoms with E-state index in [1.165, 1.54) is 6.07 Å². The van der Waals surface area contributed by atoms with Crippen LogP contribution in [0.25, 0.3) is 11.0 Å². The topological polar surface area (TPSA) is 94.6 Å². The summed E-state index contributed by atoms with van der Waals surface area (Å²) in [7, 11) is 1.71. The first-order chi connectivity index (χ1) is 10.9. The van der Waals surface area contributed by atoms with Crippen molar-refractivity contribution in [3.63, 3.8) is 0 Å². The van der Waals surface area contributed by atoms with Crippen molar-refractivity contribution in [3.8, 4) is 6.07 Å². The predicted molar refractivity (Wildman–Crippen MR) is 87.0 cm³/mol. The lowest BCUT2D eigenvalue weighted by Gasteiger charge is -2.23. The number of anilines is 3. The molecule has 0 aliphatic carbocycles. The van der Waals surface area contributed by atoms with Gasteiger partial charge in [-0.1, -0.05) is 0 Å². The second kappa shape index (κ2) is 5.25. The van der Waals surface area contributed by atoms with Crippen LogP contribution >= 0.6 is 0 Å². The predicted octanol–water partition coefficient (Wildman–Crippen LogP) is 2.94. The number of hydrogen-bond acceptors (Lipinski definition) is 5. The summed E-state index contributed by atoms with van der Waals surface area (Å²) in [6, 6.07) is 4.80. The molecule has 2 aromatic heterocycles. The lowest BCUT2D eigenvalue weighted by molar-refractivity contribution is 0.625. The highest BCUT2D eigenvalue weighted by atomic mass is 19.1. The average molecular weight is 310 g/mol. The minimum absolute atomic E-state index is 0.282. The van der Waals surface area contributed by atoms with Crippen molar-refractivity contribution >= 4 is 28.4 Å². The third-order valence-electron chi connectivity index (χ3n) is 3.85. The molecule has 3 N–H and O–H groups in total. The first kappa shape index (κ1) is 14.8. The molecule has 0 aliphatic heterocycles. The van der Waals surface area contributed by atoms with Crippen LogP contribution < -0.4 is 10.6 Å². The summed E-state index contributed by atoms with van der Waals surface area (Å²) in [5.74, 6) is 0.344. The van der Waals surface area contributed by atoms with Crippen LogP contribution in [0.15, 0.2) is 18.5 Å². The molecule has 0 amide bonds. The Balaban J connectivity index is 2.20. The van der Waals surface area contributed by atoms with E-state index in [0.717, 1.165) is 5.56 Å². The quantitative estimate of drug-likeness (QED) is 0.759. The van der Waals surface area contributed by atoms with Crippen LogP contribution in [0.1, 0.15) is 16.7 Å². The third-order valence-corrected chi connectivity index (χ3v) is 3.85. The fraction of sp³-hybridized carbons (Fsp3) is 0.188. The maximum Gasteiger partial charge on any atom is 0.151 e. The zero-order valence-corrected chi connectivity index (χ0v) is 13.0. The number of nitrogen functional groups attached to an aromatic ring is 1. The number of pyridine rings is 1. The number of nitrogens with zero attached hydrogens (tertiary/aromatic N) is 4. The van der Waals surface area contributed by atoms with Crippen LogP contribution in [0.5, 0.6) is 0 Å². The molecular weight excluding hydrogens is 295 g/mol. The molecule has 3 rings (SSSR count). The SMILES string of the molecule is Cc1cc(C#N)cc(F)c1N(C)c1nc(N)c2[nH]cnc2c1C. The zero-order valence-electron chi connectivity index (χ0n) is 13.0. The van der Waals surface area contributed by atoms with Crippen LogP contribution in [0, 0.1) is 31.0 Å². The van der Waals surface area contributed by atoms with Gasteiger partial charge in [0, 0.05) is 12.6 Å². The zero-order chi connectivity index (χ0) is 16.7. The molecule has 3 aromatic rings. The largest absolute Gasteiger partial charge is 0.382 e. The Morgan fingerprint density at radius 1 is 1.35 bits per heavy atom.